The normalized spacial score (nSPS) is 18.5. The number of aromatic nitrogens is 2. The fourth-order valence-electron chi connectivity index (χ4n) is 4.43. The Bertz CT molecular complexity index is 1360. The SMILES string of the molecule is Cc1nnc(N2N=C(c3cccc(Cl)c3)SC2(c2ccccc2)C(CCN)c2cccc(Cl)c2)s1. The highest BCUT2D eigenvalue weighted by atomic mass is 35.5. The van der Waals surface area contributed by atoms with Crippen LogP contribution in [0.2, 0.25) is 10.0 Å². The third-order valence-corrected chi connectivity index (χ3v) is 8.69. The third-order valence-electron chi connectivity index (χ3n) is 5.89. The molecule has 0 aliphatic carbocycles. The van der Waals surface area contributed by atoms with E-state index in [0.29, 0.717) is 16.6 Å². The molecule has 35 heavy (non-hydrogen) atoms. The van der Waals surface area contributed by atoms with E-state index in [2.05, 4.69) is 40.5 Å². The Morgan fingerprint density at radius 3 is 2.34 bits per heavy atom. The minimum absolute atomic E-state index is 0.0526. The molecule has 2 heterocycles. The summed E-state index contributed by atoms with van der Waals surface area (Å²) in [5, 5.41) is 19.8. The van der Waals surface area contributed by atoms with E-state index in [1.165, 1.54) is 11.3 Å². The van der Waals surface area contributed by atoms with Gasteiger partial charge in [0.05, 0.1) is 0 Å². The zero-order valence-electron chi connectivity index (χ0n) is 18.9. The van der Waals surface area contributed by atoms with Crippen molar-refractivity contribution in [1.82, 2.24) is 10.2 Å². The molecule has 0 fully saturated rings. The molecule has 3 aromatic carbocycles. The van der Waals surface area contributed by atoms with Crippen LogP contribution in [0, 0.1) is 6.92 Å². The standard InChI is InChI=1S/C26H23Cl2N5S2/c1-17-30-31-25(34-17)33-26(20-9-3-2-4-10-20,23(13-14-29)18-7-5-11-21(27)15-18)35-24(32-33)19-8-6-12-22(28)16-19/h2-12,15-16,23H,13-14,29H2,1H3. The quantitative estimate of drug-likeness (QED) is 0.272. The van der Waals surface area contributed by atoms with Gasteiger partial charge in [-0.15, -0.1) is 10.2 Å². The number of aryl methyl sites for hydroxylation is 1. The molecule has 9 heteroatoms. The fourth-order valence-corrected chi connectivity index (χ4v) is 7.10. The van der Waals surface area contributed by atoms with Crippen LogP contribution >= 0.6 is 46.3 Å². The van der Waals surface area contributed by atoms with Crippen molar-refractivity contribution in [2.75, 3.05) is 11.6 Å². The lowest BCUT2D eigenvalue weighted by molar-refractivity contribution is 0.451. The Kier molecular flexibility index (Phi) is 7.14. The topological polar surface area (TPSA) is 67.4 Å². The Balaban J connectivity index is 1.77. The van der Waals surface area contributed by atoms with Crippen LogP contribution in [0.1, 0.15) is 34.0 Å². The molecule has 4 aromatic rings. The summed E-state index contributed by atoms with van der Waals surface area (Å²) < 4.78 is 0. The molecule has 0 bridgehead atoms. The van der Waals surface area contributed by atoms with Gasteiger partial charge in [-0.1, -0.05) is 101 Å². The second-order valence-corrected chi connectivity index (χ2v) is 11.4. The molecule has 0 saturated carbocycles. The van der Waals surface area contributed by atoms with E-state index in [1.807, 2.05) is 60.5 Å². The number of hydrazone groups is 1. The molecule has 0 spiro atoms. The highest BCUT2D eigenvalue weighted by Gasteiger charge is 2.53. The van der Waals surface area contributed by atoms with E-state index in [4.69, 9.17) is 34.0 Å². The molecule has 2 atom stereocenters. The minimum atomic E-state index is -0.672. The van der Waals surface area contributed by atoms with Crippen molar-refractivity contribution in [1.29, 1.82) is 0 Å². The molecule has 5 rings (SSSR count). The summed E-state index contributed by atoms with van der Waals surface area (Å²) in [7, 11) is 0. The van der Waals surface area contributed by atoms with Gasteiger partial charge in [0.15, 0.2) is 0 Å². The van der Waals surface area contributed by atoms with Gasteiger partial charge < -0.3 is 5.73 Å². The summed E-state index contributed by atoms with van der Waals surface area (Å²) in [5.74, 6) is -0.0526. The average molecular weight is 541 g/mol. The molecular weight excluding hydrogens is 517 g/mol. The lowest BCUT2D eigenvalue weighted by Gasteiger charge is -2.42. The summed E-state index contributed by atoms with van der Waals surface area (Å²) >= 11 is 16.0. The van der Waals surface area contributed by atoms with Crippen molar-refractivity contribution in [2.45, 2.75) is 24.1 Å². The van der Waals surface area contributed by atoms with Gasteiger partial charge in [-0.25, -0.2) is 5.01 Å². The number of hydrogen-bond acceptors (Lipinski definition) is 7. The molecule has 5 nitrogen and oxygen atoms in total. The first-order valence-corrected chi connectivity index (χ1v) is 13.5. The summed E-state index contributed by atoms with van der Waals surface area (Å²) in [5.41, 5.74) is 9.36. The lowest BCUT2D eigenvalue weighted by atomic mass is 9.83. The van der Waals surface area contributed by atoms with Crippen molar-refractivity contribution >= 4 is 56.5 Å². The average Bonchev–Trinajstić information content (AvgIpc) is 3.47. The van der Waals surface area contributed by atoms with Crippen molar-refractivity contribution in [2.24, 2.45) is 10.8 Å². The largest absolute Gasteiger partial charge is 0.330 e. The second-order valence-electron chi connectivity index (χ2n) is 8.18. The number of rotatable bonds is 7. The molecule has 1 aliphatic heterocycles. The van der Waals surface area contributed by atoms with Crippen LogP contribution < -0.4 is 10.7 Å². The van der Waals surface area contributed by atoms with Crippen LogP contribution in [0.5, 0.6) is 0 Å². The minimum Gasteiger partial charge on any atom is -0.330 e. The summed E-state index contributed by atoms with van der Waals surface area (Å²) in [4.78, 5) is -0.672. The predicted molar refractivity (Wildman–Crippen MR) is 149 cm³/mol. The zero-order valence-corrected chi connectivity index (χ0v) is 22.1. The lowest BCUT2D eigenvalue weighted by Crippen LogP contribution is -2.43. The van der Waals surface area contributed by atoms with Crippen LogP contribution in [0.15, 0.2) is 84.0 Å². The smallest absolute Gasteiger partial charge is 0.230 e. The van der Waals surface area contributed by atoms with Crippen LogP contribution in [-0.4, -0.2) is 21.8 Å². The molecule has 0 radical (unpaired) electrons. The molecule has 178 valence electrons. The van der Waals surface area contributed by atoms with E-state index in [1.54, 1.807) is 11.8 Å². The zero-order chi connectivity index (χ0) is 24.4. The van der Waals surface area contributed by atoms with Gasteiger partial charge in [-0.05, 0) is 55.3 Å². The molecule has 2 N–H and O–H groups in total. The Labute approximate surface area is 223 Å². The Morgan fingerprint density at radius 2 is 1.69 bits per heavy atom. The van der Waals surface area contributed by atoms with Gasteiger partial charge >= 0.3 is 0 Å². The van der Waals surface area contributed by atoms with E-state index >= 15 is 0 Å². The van der Waals surface area contributed by atoms with Crippen molar-refractivity contribution in [3.8, 4) is 0 Å². The van der Waals surface area contributed by atoms with Crippen LogP contribution in [-0.2, 0) is 4.87 Å². The maximum absolute atomic E-state index is 6.47. The molecule has 2 unspecified atom stereocenters. The fraction of sp³-hybridized carbons (Fsp3) is 0.192. The van der Waals surface area contributed by atoms with Gasteiger partial charge in [0.25, 0.3) is 0 Å². The maximum atomic E-state index is 6.47. The van der Waals surface area contributed by atoms with E-state index in [0.717, 1.165) is 38.3 Å². The van der Waals surface area contributed by atoms with Gasteiger partial charge in [-0.3, -0.25) is 0 Å². The maximum Gasteiger partial charge on any atom is 0.230 e. The van der Waals surface area contributed by atoms with E-state index in [-0.39, 0.29) is 5.92 Å². The van der Waals surface area contributed by atoms with E-state index < -0.39 is 4.87 Å². The highest BCUT2D eigenvalue weighted by molar-refractivity contribution is 8.15. The summed E-state index contributed by atoms with van der Waals surface area (Å²) in [6, 6.07) is 26.2. The van der Waals surface area contributed by atoms with Crippen LogP contribution in [0.4, 0.5) is 5.13 Å². The number of hydrogen-bond donors (Lipinski definition) is 1. The first-order valence-electron chi connectivity index (χ1n) is 11.2. The summed E-state index contributed by atoms with van der Waals surface area (Å²) in [6.45, 7) is 2.45. The van der Waals surface area contributed by atoms with Gasteiger partial charge in [0, 0.05) is 21.5 Å². The van der Waals surface area contributed by atoms with Crippen molar-refractivity contribution in [3.63, 3.8) is 0 Å². The first-order chi connectivity index (χ1) is 17.0. The van der Waals surface area contributed by atoms with Gasteiger partial charge in [0.1, 0.15) is 14.9 Å². The van der Waals surface area contributed by atoms with Gasteiger partial charge in [0.2, 0.25) is 5.13 Å². The second kappa shape index (κ2) is 10.3. The molecule has 0 saturated heterocycles. The number of halogens is 2. The van der Waals surface area contributed by atoms with Crippen LogP contribution in [0.25, 0.3) is 0 Å². The van der Waals surface area contributed by atoms with E-state index in [9.17, 15) is 0 Å². The van der Waals surface area contributed by atoms with Crippen LogP contribution in [0.3, 0.4) is 0 Å². The number of thioether (sulfide) groups is 1. The molecule has 0 amide bonds. The number of anilines is 1. The number of nitrogens with zero attached hydrogens (tertiary/aromatic N) is 4. The number of nitrogens with two attached hydrogens (primary N) is 1. The molecule has 1 aromatic heterocycles. The monoisotopic (exact) mass is 539 g/mol. The third kappa shape index (κ3) is 4.71. The van der Waals surface area contributed by atoms with Gasteiger partial charge in [-0.2, -0.15) is 5.10 Å². The Morgan fingerprint density at radius 1 is 0.943 bits per heavy atom. The molecular formula is C26H23Cl2N5S2. The summed E-state index contributed by atoms with van der Waals surface area (Å²) in [6.07, 6.45) is 0.717. The van der Waals surface area contributed by atoms with Crippen molar-refractivity contribution in [3.05, 3.63) is 111 Å². The first kappa shape index (κ1) is 24.3. The molecule has 1 aliphatic rings. The number of benzene rings is 3. The predicted octanol–water partition coefficient (Wildman–Crippen LogP) is 7.05. The van der Waals surface area contributed by atoms with Crippen molar-refractivity contribution < 1.29 is 0 Å². The Hall–Kier alpha value is -2.42. The highest BCUT2D eigenvalue weighted by Crippen LogP contribution is 2.58.